The highest BCUT2D eigenvalue weighted by Gasteiger charge is 2.21. The van der Waals surface area contributed by atoms with E-state index in [0.717, 1.165) is 5.56 Å². The van der Waals surface area contributed by atoms with E-state index in [1.807, 2.05) is 18.2 Å². The summed E-state index contributed by atoms with van der Waals surface area (Å²) in [5, 5.41) is 0. The predicted octanol–water partition coefficient (Wildman–Crippen LogP) is 3.48. The van der Waals surface area contributed by atoms with Gasteiger partial charge in [0.25, 0.3) is 0 Å². The minimum atomic E-state index is -0.456. The second kappa shape index (κ2) is 7.47. The molecule has 0 aliphatic carbocycles. The van der Waals surface area contributed by atoms with Crippen molar-refractivity contribution in [2.75, 3.05) is 19.8 Å². The largest absolute Gasteiger partial charge is 0.486 e. The van der Waals surface area contributed by atoms with Crippen LogP contribution in [0.25, 0.3) is 6.08 Å². The Morgan fingerprint density at radius 3 is 2.65 bits per heavy atom. The van der Waals surface area contributed by atoms with Gasteiger partial charge in [-0.05, 0) is 50.1 Å². The summed E-state index contributed by atoms with van der Waals surface area (Å²) >= 11 is 0. The fourth-order valence-electron chi connectivity index (χ4n) is 2.95. The van der Waals surface area contributed by atoms with Crippen molar-refractivity contribution < 1.29 is 23.8 Å². The van der Waals surface area contributed by atoms with E-state index in [-0.39, 0.29) is 12.4 Å². The van der Waals surface area contributed by atoms with Crippen LogP contribution in [0.1, 0.15) is 44.6 Å². The third-order valence-corrected chi connectivity index (χ3v) is 4.16. The lowest BCUT2D eigenvalue weighted by atomic mass is 10.0. The van der Waals surface area contributed by atoms with E-state index in [4.69, 9.17) is 14.2 Å². The van der Waals surface area contributed by atoms with Crippen LogP contribution in [0.5, 0.6) is 11.5 Å². The van der Waals surface area contributed by atoms with Crippen molar-refractivity contribution in [3.05, 3.63) is 52.4 Å². The van der Waals surface area contributed by atoms with Gasteiger partial charge in [-0.25, -0.2) is 4.79 Å². The molecule has 6 nitrogen and oxygen atoms in total. The highest BCUT2D eigenvalue weighted by molar-refractivity contribution is 6.10. The van der Waals surface area contributed by atoms with E-state index in [2.05, 4.69) is 4.98 Å². The average molecular weight is 355 g/mol. The quantitative estimate of drug-likeness (QED) is 0.505. The Hall–Kier alpha value is -3.02. The fourth-order valence-corrected chi connectivity index (χ4v) is 2.95. The number of carbonyl (C=O) groups is 2. The molecule has 0 atom stereocenters. The number of carbonyl (C=O) groups excluding carboxylic acids is 2. The van der Waals surface area contributed by atoms with E-state index in [1.54, 1.807) is 26.8 Å². The van der Waals surface area contributed by atoms with Crippen molar-refractivity contribution in [1.82, 2.24) is 4.98 Å². The second-order valence-electron chi connectivity index (χ2n) is 5.95. The van der Waals surface area contributed by atoms with Crippen LogP contribution >= 0.6 is 0 Å². The number of hydrogen-bond acceptors (Lipinski definition) is 5. The molecule has 1 aliphatic heterocycles. The SMILES string of the molecule is CCOC(=O)c1[nH]c(C)c(C(=O)C=Cc2ccc3c(c2)OCCO3)c1C. The summed E-state index contributed by atoms with van der Waals surface area (Å²) in [5.74, 6) is 0.741. The maximum atomic E-state index is 12.6. The van der Waals surface area contributed by atoms with Crippen molar-refractivity contribution in [1.29, 1.82) is 0 Å². The van der Waals surface area contributed by atoms with Crippen LogP contribution in [0.4, 0.5) is 0 Å². The van der Waals surface area contributed by atoms with Gasteiger partial charge in [0, 0.05) is 11.3 Å². The first kappa shape index (κ1) is 17.8. The first-order chi connectivity index (χ1) is 12.5. The van der Waals surface area contributed by atoms with Crippen LogP contribution in [0, 0.1) is 13.8 Å². The van der Waals surface area contributed by atoms with Gasteiger partial charge < -0.3 is 19.2 Å². The lowest BCUT2D eigenvalue weighted by Gasteiger charge is -2.18. The number of nitrogens with one attached hydrogen (secondary N) is 1. The van der Waals surface area contributed by atoms with Crippen molar-refractivity contribution >= 4 is 17.8 Å². The highest BCUT2D eigenvalue weighted by atomic mass is 16.6. The van der Waals surface area contributed by atoms with E-state index in [1.165, 1.54) is 6.08 Å². The maximum absolute atomic E-state index is 12.6. The zero-order chi connectivity index (χ0) is 18.7. The number of H-pyrrole nitrogens is 1. The predicted molar refractivity (Wildman–Crippen MR) is 97.0 cm³/mol. The fraction of sp³-hybridized carbons (Fsp3) is 0.300. The molecular weight excluding hydrogens is 334 g/mol. The molecule has 0 bridgehead atoms. The summed E-state index contributed by atoms with van der Waals surface area (Å²) < 4.78 is 16.0. The van der Waals surface area contributed by atoms with Crippen molar-refractivity contribution in [2.24, 2.45) is 0 Å². The molecular formula is C20H21NO5. The number of aromatic amines is 1. The Balaban J connectivity index is 1.82. The molecule has 0 spiro atoms. The van der Waals surface area contributed by atoms with Gasteiger partial charge in [0.15, 0.2) is 17.3 Å². The Morgan fingerprint density at radius 2 is 1.92 bits per heavy atom. The summed E-state index contributed by atoms with van der Waals surface area (Å²) in [5.41, 5.74) is 2.88. The summed E-state index contributed by atoms with van der Waals surface area (Å²) in [4.78, 5) is 27.5. The van der Waals surface area contributed by atoms with E-state index in [0.29, 0.717) is 47.2 Å². The number of allylic oxidation sites excluding steroid dienone is 1. The Labute approximate surface area is 151 Å². The number of aromatic nitrogens is 1. The number of fused-ring (bicyclic) bond motifs is 1. The Bertz CT molecular complexity index is 879. The molecule has 3 rings (SSSR count). The molecule has 1 N–H and O–H groups in total. The third kappa shape index (κ3) is 3.49. The number of esters is 1. The minimum absolute atomic E-state index is 0.179. The molecule has 1 aromatic carbocycles. The molecule has 136 valence electrons. The van der Waals surface area contributed by atoms with E-state index in [9.17, 15) is 9.59 Å². The van der Waals surface area contributed by atoms with Crippen LogP contribution in [0.3, 0.4) is 0 Å². The molecule has 1 aliphatic rings. The number of hydrogen-bond donors (Lipinski definition) is 1. The van der Waals surface area contributed by atoms with Gasteiger partial charge in [-0.15, -0.1) is 0 Å². The highest BCUT2D eigenvalue weighted by Crippen LogP contribution is 2.31. The summed E-state index contributed by atoms with van der Waals surface area (Å²) in [6.07, 6.45) is 3.21. The molecule has 0 radical (unpaired) electrons. The monoisotopic (exact) mass is 355 g/mol. The van der Waals surface area contributed by atoms with Gasteiger partial charge in [-0.3, -0.25) is 4.79 Å². The molecule has 6 heteroatoms. The topological polar surface area (TPSA) is 77.6 Å². The summed E-state index contributed by atoms with van der Waals surface area (Å²) in [7, 11) is 0. The van der Waals surface area contributed by atoms with Crippen LogP contribution in [-0.2, 0) is 4.74 Å². The van der Waals surface area contributed by atoms with Gasteiger partial charge in [-0.1, -0.05) is 12.1 Å². The Kier molecular flexibility index (Phi) is 5.11. The molecule has 0 saturated heterocycles. The maximum Gasteiger partial charge on any atom is 0.355 e. The third-order valence-electron chi connectivity index (χ3n) is 4.16. The molecule has 1 aromatic heterocycles. The zero-order valence-corrected chi connectivity index (χ0v) is 15.0. The van der Waals surface area contributed by atoms with Crippen molar-refractivity contribution in [3.63, 3.8) is 0 Å². The summed E-state index contributed by atoms with van der Waals surface area (Å²) in [6.45, 7) is 6.57. The van der Waals surface area contributed by atoms with Crippen molar-refractivity contribution in [2.45, 2.75) is 20.8 Å². The number of rotatable bonds is 5. The molecule has 0 amide bonds. The van der Waals surface area contributed by atoms with Crippen molar-refractivity contribution in [3.8, 4) is 11.5 Å². The number of ketones is 1. The van der Waals surface area contributed by atoms with Gasteiger partial charge >= 0.3 is 5.97 Å². The number of benzene rings is 1. The Morgan fingerprint density at radius 1 is 1.19 bits per heavy atom. The minimum Gasteiger partial charge on any atom is -0.486 e. The van der Waals surface area contributed by atoms with Crippen LogP contribution in [-0.4, -0.2) is 36.6 Å². The second-order valence-corrected chi connectivity index (χ2v) is 5.95. The van der Waals surface area contributed by atoms with E-state index >= 15 is 0 Å². The lowest BCUT2D eigenvalue weighted by Crippen LogP contribution is -2.15. The zero-order valence-electron chi connectivity index (χ0n) is 15.0. The molecule has 0 fully saturated rings. The normalized spacial score (nSPS) is 13.0. The van der Waals surface area contributed by atoms with Crippen LogP contribution in [0.2, 0.25) is 0 Å². The van der Waals surface area contributed by atoms with Gasteiger partial charge in [0.05, 0.1) is 6.61 Å². The number of ether oxygens (including phenoxy) is 3. The van der Waals surface area contributed by atoms with Crippen LogP contribution < -0.4 is 9.47 Å². The molecule has 26 heavy (non-hydrogen) atoms. The molecule has 2 aromatic rings. The molecule has 0 saturated carbocycles. The molecule has 2 heterocycles. The van der Waals surface area contributed by atoms with Crippen LogP contribution in [0.15, 0.2) is 24.3 Å². The van der Waals surface area contributed by atoms with Gasteiger partial charge in [-0.2, -0.15) is 0 Å². The molecule has 0 unspecified atom stereocenters. The van der Waals surface area contributed by atoms with E-state index < -0.39 is 5.97 Å². The number of aryl methyl sites for hydroxylation is 1. The standard InChI is InChI=1S/C20H21NO5/c1-4-24-20(23)19-12(2)18(13(3)21-19)15(22)7-5-14-6-8-16-17(11-14)26-10-9-25-16/h5-8,11,21H,4,9-10H2,1-3H3. The smallest absolute Gasteiger partial charge is 0.355 e. The van der Waals surface area contributed by atoms with Gasteiger partial charge in [0.2, 0.25) is 0 Å². The van der Waals surface area contributed by atoms with Gasteiger partial charge in [0.1, 0.15) is 18.9 Å². The average Bonchev–Trinajstić information content (AvgIpc) is 2.94. The first-order valence-electron chi connectivity index (χ1n) is 8.49. The summed E-state index contributed by atoms with van der Waals surface area (Å²) in [6, 6.07) is 5.52. The first-order valence-corrected chi connectivity index (χ1v) is 8.49. The lowest BCUT2D eigenvalue weighted by molar-refractivity contribution is 0.0519.